The molecule has 0 bridgehead atoms. The molecule has 0 saturated heterocycles. The number of nitrogens with one attached hydrogen (secondary N) is 1. The van der Waals surface area contributed by atoms with Crippen LogP contribution in [0.3, 0.4) is 0 Å². The number of halogens is 3. The van der Waals surface area contributed by atoms with Crippen LogP contribution in [0.5, 0.6) is 0 Å². The summed E-state index contributed by atoms with van der Waals surface area (Å²) in [6.45, 7) is 3.31. The van der Waals surface area contributed by atoms with E-state index in [1.54, 1.807) is 12.1 Å². The molecule has 0 aliphatic heterocycles. The number of allylic oxidation sites excluding steroid dienone is 2. The molecular formula is C12H12F3NO. The van der Waals surface area contributed by atoms with E-state index in [2.05, 4.69) is 5.32 Å². The Morgan fingerprint density at radius 2 is 1.76 bits per heavy atom. The summed E-state index contributed by atoms with van der Waals surface area (Å²) in [6.07, 6.45) is -4.28. The maximum absolute atomic E-state index is 12.0. The first kappa shape index (κ1) is 13.3. The number of carbonyl (C=O) groups is 1. The number of hydrogen-bond acceptors (Lipinski definition) is 2. The van der Waals surface area contributed by atoms with Gasteiger partial charge in [-0.2, -0.15) is 13.2 Å². The van der Waals surface area contributed by atoms with E-state index in [1.165, 1.54) is 6.92 Å². The first-order valence-electron chi connectivity index (χ1n) is 4.92. The summed E-state index contributed by atoms with van der Waals surface area (Å²) in [7, 11) is 0. The highest BCUT2D eigenvalue weighted by Crippen LogP contribution is 2.18. The minimum atomic E-state index is -4.82. The van der Waals surface area contributed by atoms with Crippen LogP contribution in [0.25, 0.3) is 0 Å². The van der Waals surface area contributed by atoms with Gasteiger partial charge < -0.3 is 5.32 Å². The molecule has 0 radical (unpaired) electrons. The fourth-order valence-corrected chi connectivity index (χ4v) is 1.18. The molecule has 1 N–H and O–H groups in total. The summed E-state index contributed by atoms with van der Waals surface area (Å²) in [6, 6.07) is 7.10. The third kappa shape index (κ3) is 4.30. The molecular weight excluding hydrogens is 231 g/mol. The zero-order valence-electron chi connectivity index (χ0n) is 9.43. The van der Waals surface area contributed by atoms with Crippen molar-refractivity contribution < 1.29 is 18.0 Å². The number of ketones is 1. The van der Waals surface area contributed by atoms with E-state index in [9.17, 15) is 18.0 Å². The van der Waals surface area contributed by atoms with E-state index in [-0.39, 0.29) is 5.70 Å². The van der Waals surface area contributed by atoms with Crippen LogP contribution < -0.4 is 5.32 Å². The van der Waals surface area contributed by atoms with Crippen LogP contribution in [0, 0.1) is 6.92 Å². The lowest BCUT2D eigenvalue weighted by atomic mass is 10.2. The van der Waals surface area contributed by atoms with Gasteiger partial charge in [0, 0.05) is 17.5 Å². The van der Waals surface area contributed by atoms with Gasteiger partial charge in [0.25, 0.3) is 5.78 Å². The van der Waals surface area contributed by atoms with E-state index in [1.807, 2.05) is 19.1 Å². The summed E-state index contributed by atoms with van der Waals surface area (Å²) >= 11 is 0. The second-order valence-electron chi connectivity index (χ2n) is 3.68. The van der Waals surface area contributed by atoms with Crippen molar-refractivity contribution in [2.45, 2.75) is 20.0 Å². The van der Waals surface area contributed by atoms with Crippen LogP contribution in [-0.4, -0.2) is 12.0 Å². The molecule has 0 unspecified atom stereocenters. The van der Waals surface area contributed by atoms with Crippen molar-refractivity contribution in [2.24, 2.45) is 0 Å². The Kier molecular flexibility index (Phi) is 3.93. The van der Waals surface area contributed by atoms with E-state index in [0.717, 1.165) is 5.56 Å². The van der Waals surface area contributed by atoms with E-state index < -0.39 is 12.0 Å². The highest BCUT2D eigenvalue weighted by atomic mass is 19.4. The summed E-state index contributed by atoms with van der Waals surface area (Å²) in [5.41, 5.74) is 1.83. The van der Waals surface area contributed by atoms with Crippen molar-refractivity contribution in [1.29, 1.82) is 0 Å². The van der Waals surface area contributed by atoms with E-state index in [0.29, 0.717) is 11.8 Å². The van der Waals surface area contributed by atoms with Gasteiger partial charge in [0.05, 0.1) is 0 Å². The second kappa shape index (κ2) is 5.03. The van der Waals surface area contributed by atoms with Crippen LogP contribution in [0.2, 0.25) is 0 Å². The van der Waals surface area contributed by atoms with Crippen molar-refractivity contribution in [3.8, 4) is 0 Å². The lowest BCUT2D eigenvalue weighted by Gasteiger charge is -2.07. The number of alkyl halides is 3. The highest BCUT2D eigenvalue weighted by molar-refractivity contribution is 5.95. The second-order valence-corrected chi connectivity index (χ2v) is 3.68. The molecule has 2 nitrogen and oxygen atoms in total. The van der Waals surface area contributed by atoms with Crippen molar-refractivity contribution in [1.82, 2.24) is 0 Å². The zero-order chi connectivity index (χ0) is 13.1. The van der Waals surface area contributed by atoms with Gasteiger partial charge in [0.15, 0.2) is 0 Å². The molecule has 0 aromatic heterocycles. The fourth-order valence-electron chi connectivity index (χ4n) is 1.18. The topological polar surface area (TPSA) is 29.1 Å². The number of carbonyl (C=O) groups excluding carboxylic acids is 1. The summed E-state index contributed by atoms with van der Waals surface area (Å²) in [4.78, 5) is 10.7. The van der Waals surface area contributed by atoms with Gasteiger partial charge in [-0.15, -0.1) is 0 Å². The first-order chi connectivity index (χ1) is 7.79. The molecule has 0 saturated carbocycles. The van der Waals surface area contributed by atoms with Gasteiger partial charge in [-0.3, -0.25) is 4.79 Å². The average Bonchev–Trinajstić information content (AvgIpc) is 2.20. The molecule has 0 amide bonds. The molecule has 1 rings (SSSR count). The van der Waals surface area contributed by atoms with Crippen molar-refractivity contribution >= 4 is 11.5 Å². The highest BCUT2D eigenvalue weighted by Gasteiger charge is 2.36. The van der Waals surface area contributed by atoms with Gasteiger partial charge >= 0.3 is 6.18 Å². The van der Waals surface area contributed by atoms with Crippen LogP contribution in [0.4, 0.5) is 18.9 Å². The minimum absolute atomic E-state index is 0.149. The molecule has 0 aliphatic carbocycles. The number of benzene rings is 1. The molecule has 0 fully saturated rings. The Labute approximate surface area is 97.1 Å². The van der Waals surface area contributed by atoms with Crippen LogP contribution >= 0.6 is 0 Å². The lowest BCUT2D eigenvalue weighted by molar-refractivity contribution is -0.165. The third-order valence-corrected chi connectivity index (χ3v) is 2.02. The van der Waals surface area contributed by atoms with Gasteiger partial charge in [-0.1, -0.05) is 17.7 Å². The van der Waals surface area contributed by atoms with Gasteiger partial charge in [-0.25, -0.2) is 0 Å². The Bertz CT molecular complexity index is 432. The molecule has 5 heteroatoms. The monoisotopic (exact) mass is 243 g/mol. The normalized spacial score (nSPS) is 12.4. The van der Waals surface area contributed by atoms with Crippen molar-refractivity contribution in [3.05, 3.63) is 41.6 Å². The number of hydrogen-bond donors (Lipinski definition) is 1. The first-order valence-corrected chi connectivity index (χ1v) is 4.92. The number of anilines is 1. The Balaban J connectivity index is 2.72. The Morgan fingerprint density at radius 1 is 1.24 bits per heavy atom. The smallest absolute Gasteiger partial charge is 0.359 e. The molecule has 92 valence electrons. The Hall–Kier alpha value is -1.78. The SMILES string of the molecule is CC(=CC(=O)C(F)(F)F)Nc1ccc(C)cc1. The molecule has 0 spiro atoms. The van der Waals surface area contributed by atoms with Crippen molar-refractivity contribution in [3.63, 3.8) is 0 Å². The van der Waals surface area contributed by atoms with E-state index >= 15 is 0 Å². The molecule has 0 atom stereocenters. The van der Waals surface area contributed by atoms with Crippen LogP contribution in [-0.2, 0) is 4.79 Å². The fraction of sp³-hybridized carbons (Fsp3) is 0.250. The molecule has 17 heavy (non-hydrogen) atoms. The predicted octanol–water partition coefficient (Wildman–Crippen LogP) is 3.44. The third-order valence-electron chi connectivity index (χ3n) is 2.02. The zero-order valence-corrected chi connectivity index (χ0v) is 9.43. The lowest BCUT2D eigenvalue weighted by Crippen LogP contribution is -2.21. The quantitative estimate of drug-likeness (QED) is 0.824. The standard InChI is InChI=1S/C12H12F3NO/c1-8-3-5-10(6-4-8)16-9(2)7-11(17)12(13,14)15/h3-7,16H,1-2H3. The maximum Gasteiger partial charge on any atom is 0.454 e. The largest absolute Gasteiger partial charge is 0.454 e. The van der Waals surface area contributed by atoms with Crippen LogP contribution in [0.15, 0.2) is 36.0 Å². The predicted molar refractivity (Wildman–Crippen MR) is 59.6 cm³/mol. The maximum atomic E-state index is 12.0. The number of aryl methyl sites for hydroxylation is 1. The molecule has 0 aliphatic rings. The molecule has 1 aromatic rings. The van der Waals surface area contributed by atoms with Crippen molar-refractivity contribution in [2.75, 3.05) is 5.32 Å². The minimum Gasteiger partial charge on any atom is -0.359 e. The number of rotatable bonds is 3. The van der Waals surface area contributed by atoms with E-state index in [4.69, 9.17) is 0 Å². The summed E-state index contributed by atoms with van der Waals surface area (Å²) < 4.78 is 35.9. The molecule has 1 aromatic carbocycles. The van der Waals surface area contributed by atoms with Gasteiger partial charge in [0.2, 0.25) is 0 Å². The van der Waals surface area contributed by atoms with Gasteiger partial charge in [0.1, 0.15) is 0 Å². The Morgan fingerprint density at radius 3 is 2.24 bits per heavy atom. The summed E-state index contributed by atoms with van der Waals surface area (Å²) in [5, 5.41) is 2.71. The average molecular weight is 243 g/mol. The molecule has 0 heterocycles. The summed E-state index contributed by atoms with van der Waals surface area (Å²) in [5.74, 6) is -1.87. The van der Waals surface area contributed by atoms with Gasteiger partial charge in [-0.05, 0) is 26.0 Å². The van der Waals surface area contributed by atoms with Crippen LogP contribution in [0.1, 0.15) is 12.5 Å².